The fourth-order valence-electron chi connectivity index (χ4n) is 3.17. The zero-order chi connectivity index (χ0) is 18.1. The van der Waals surface area contributed by atoms with Crippen LogP contribution in [-0.2, 0) is 4.74 Å². The Hall–Kier alpha value is -3.20. The van der Waals surface area contributed by atoms with E-state index in [-0.39, 0.29) is 11.2 Å². The summed E-state index contributed by atoms with van der Waals surface area (Å²) >= 11 is 0. The summed E-state index contributed by atoms with van der Waals surface area (Å²) in [5.41, 5.74) is 2.45. The molecule has 0 atom stereocenters. The number of benzene rings is 2. The minimum absolute atomic E-state index is 0.121. The highest BCUT2D eigenvalue weighted by molar-refractivity contribution is 6.00. The lowest BCUT2D eigenvalue weighted by atomic mass is 10.1. The van der Waals surface area contributed by atoms with Gasteiger partial charge < -0.3 is 14.5 Å². The maximum atomic E-state index is 11.8. The lowest BCUT2D eigenvalue weighted by molar-refractivity contribution is -0.382. The standard InChI is InChI=1S/C17H17N5O4/c1-20(12-5-3-2-4-6-12)14-11-13(21-7-9-25-10-8-21)15-16(19-26-18-15)17(14)22(23)24/h2-6,11H,7-10H2,1H3. The van der Waals surface area contributed by atoms with Crippen LogP contribution in [0.25, 0.3) is 11.0 Å². The number of aromatic nitrogens is 2. The van der Waals surface area contributed by atoms with Gasteiger partial charge in [-0.3, -0.25) is 10.1 Å². The summed E-state index contributed by atoms with van der Waals surface area (Å²) in [7, 11) is 1.79. The summed E-state index contributed by atoms with van der Waals surface area (Å²) in [5, 5.41) is 19.5. The van der Waals surface area contributed by atoms with Crippen LogP contribution in [0.2, 0.25) is 0 Å². The van der Waals surface area contributed by atoms with Crippen molar-refractivity contribution in [1.82, 2.24) is 10.3 Å². The topological polar surface area (TPSA) is 97.8 Å². The first-order valence-electron chi connectivity index (χ1n) is 8.22. The summed E-state index contributed by atoms with van der Waals surface area (Å²) in [5.74, 6) is 0. The second-order valence-corrected chi connectivity index (χ2v) is 5.98. The summed E-state index contributed by atoms with van der Waals surface area (Å²) < 4.78 is 10.3. The molecule has 2 heterocycles. The van der Waals surface area contributed by atoms with Gasteiger partial charge in [0.05, 0.1) is 23.8 Å². The zero-order valence-corrected chi connectivity index (χ0v) is 14.2. The molecule has 3 aromatic rings. The maximum Gasteiger partial charge on any atom is 0.324 e. The van der Waals surface area contributed by atoms with Crippen LogP contribution in [0, 0.1) is 10.1 Å². The molecule has 1 fully saturated rings. The molecule has 0 radical (unpaired) electrons. The first kappa shape index (κ1) is 16.3. The molecule has 0 bridgehead atoms. The normalized spacial score (nSPS) is 14.6. The highest BCUT2D eigenvalue weighted by Crippen LogP contribution is 2.42. The highest BCUT2D eigenvalue weighted by atomic mass is 16.6. The van der Waals surface area contributed by atoms with E-state index >= 15 is 0 Å². The molecule has 0 amide bonds. The monoisotopic (exact) mass is 355 g/mol. The Labute approximate surface area is 148 Å². The molecular formula is C17H17N5O4. The quantitative estimate of drug-likeness (QED) is 0.520. The average molecular weight is 355 g/mol. The van der Waals surface area contributed by atoms with Crippen molar-refractivity contribution in [3.63, 3.8) is 0 Å². The van der Waals surface area contributed by atoms with Crippen molar-refractivity contribution in [2.75, 3.05) is 43.2 Å². The number of nitro groups is 1. The Kier molecular flexibility index (Phi) is 4.13. The number of nitro benzene ring substituents is 1. The zero-order valence-electron chi connectivity index (χ0n) is 14.2. The number of ether oxygens (including phenoxy) is 1. The molecule has 134 valence electrons. The van der Waals surface area contributed by atoms with Crippen LogP contribution >= 0.6 is 0 Å². The van der Waals surface area contributed by atoms with Crippen molar-refractivity contribution in [1.29, 1.82) is 0 Å². The van der Waals surface area contributed by atoms with Gasteiger partial charge in [-0.2, -0.15) is 0 Å². The molecule has 2 aromatic carbocycles. The Balaban J connectivity index is 1.92. The molecule has 0 unspecified atom stereocenters. The number of para-hydroxylation sites is 1. The van der Waals surface area contributed by atoms with Gasteiger partial charge in [0.2, 0.25) is 5.52 Å². The fourth-order valence-corrected chi connectivity index (χ4v) is 3.17. The van der Waals surface area contributed by atoms with E-state index in [1.807, 2.05) is 30.3 Å². The smallest absolute Gasteiger partial charge is 0.324 e. The van der Waals surface area contributed by atoms with E-state index < -0.39 is 4.92 Å². The minimum atomic E-state index is -0.440. The number of rotatable bonds is 4. The van der Waals surface area contributed by atoms with Crippen LogP contribution in [-0.4, -0.2) is 48.6 Å². The molecule has 26 heavy (non-hydrogen) atoms. The van der Waals surface area contributed by atoms with Crippen LogP contribution in [0.1, 0.15) is 0 Å². The molecule has 0 N–H and O–H groups in total. The molecule has 1 aliphatic heterocycles. The predicted octanol–water partition coefficient (Wildman–Crippen LogP) is 2.74. The van der Waals surface area contributed by atoms with E-state index in [1.165, 1.54) is 0 Å². The summed E-state index contributed by atoms with van der Waals surface area (Å²) in [6.07, 6.45) is 0. The molecule has 9 heteroatoms. The average Bonchev–Trinajstić information content (AvgIpc) is 3.16. The molecule has 1 aliphatic rings. The van der Waals surface area contributed by atoms with E-state index in [1.54, 1.807) is 18.0 Å². The Morgan fingerprint density at radius 1 is 1.15 bits per heavy atom. The maximum absolute atomic E-state index is 11.8. The van der Waals surface area contributed by atoms with Crippen LogP contribution < -0.4 is 9.80 Å². The Bertz CT molecular complexity index is 937. The summed E-state index contributed by atoms with van der Waals surface area (Å²) in [6, 6.07) is 11.2. The predicted molar refractivity (Wildman–Crippen MR) is 96.0 cm³/mol. The van der Waals surface area contributed by atoms with Gasteiger partial charge in [-0.05, 0) is 28.5 Å². The summed E-state index contributed by atoms with van der Waals surface area (Å²) in [6.45, 7) is 2.53. The number of hydrogen-bond acceptors (Lipinski definition) is 8. The largest absolute Gasteiger partial charge is 0.378 e. The molecule has 0 aliphatic carbocycles. The van der Waals surface area contributed by atoms with Gasteiger partial charge in [0.15, 0.2) is 5.52 Å². The van der Waals surface area contributed by atoms with E-state index in [2.05, 4.69) is 15.2 Å². The van der Waals surface area contributed by atoms with Gasteiger partial charge in [-0.25, -0.2) is 4.63 Å². The Morgan fingerprint density at radius 2 is 1.85 bits per heavy atom. The van der Waals surface area contributed by atoms with E-state index in [4.69, 9.17) is 9.37 Å². The highest BCUT2D eigenvalue weighted by Gasteiger charge is 2.30. The van der Waals surface area contributed by atoms with Crippen molar-refractivity contribution >= 4 is 33.8 Å². The third kappa shape index (κ3) is 2.72. The molecule has 1 aromatic heterocycles. The SMILES string of the molecule is CN(c1ccccc1)c1cc(N2CCOCC2)c2nonc2c1[N+](=O)[O-]. The van der Waals surface area contributed by atoms with Gasteiger partial charge >= 0.3 is 5.69 Å². The van der Waals surface area contributed by atoms with Crippen molar-refractivity contribution < 1.29 is 14.3 Å². The number of nitrogens with zero attached hydrogens (tertiary/aromatic N) is 5. The molecule has 1 saturated heterocycles. The minimum Gasteiger partial charge on any atom is -0.378 e. The molecule has 0 spiro atoms. The fraction of sp³-hybridized carbons (Fsp3) is 0.294. The van der Waals surface area contributed by atoms with Gasteiger partial charge in [-0.15, -0.1) is 0 Å². The molecule has 0 saturated carbocycles. The lowest BCUT2D eigenvalue weighted by Gasteiger charge is -2.30. The summed E-state index contributed by atoms with van der Waals surface area (Å²) in [4.78, 5) is 15.2. The number of fused-ring (bicyclic) bond motifs is 1. The van der Waals surface area contributed by atoms with Crippen molar-refractivity contribution in [2.24, 2.45) is 0 Å². The van der Waals surface area contributed by atoms with Crippen LogP contribution in [0.4, 0.5) is 22.7 Å². The molecular weight excluding hydrogens is 338 g/mol. The number of anilines is 3. The number of hydrogen-bond donors (Lipinski definition) is 0. The second-order valence-electron chi connectivity index (χ2n) is 5.98. The van der Waals surface area contributed by atoms with Gasteiger partial charge in [0.1, 0.15) is 5.69 Å². The first-order chi connectivity index (χ1) is 12.7. The van der Waals surface area contributed by atoms with Crippen molar-refractivity contribution in [2.45, 2.75) is 0 Å². The second kappa shape index (κ2) is 6.60. The molecule has 9 nitrogen and oxygen atoms in total. The third-order valence-electron chi connectivity index (χ3n) is 4.51. The van der Waals surface area contributed by atoms with Crippen LogP contribution in [0.5, 0.6) is 0 Å². The van der Waals surface area contributed by atoms with Gasteiger partial charge in [0.25, 0.3) is 0 Å². The van der Waals surface area contributed by atoms with E-state index in [9.17, 15) is 10.1 Å². The number of morpholine rings is 1. The van der Waals surface area contributed by atoms with Crippen molar-refractivity contribution in [3.05, 3.63) is 46.5 Å². The third-order valence-corrected chi connectivity index (χ3v) is 4.51. The van der Waals surface area contributed by atoms with Gasteiger partial charge in [-0.1, -0.05) is 18.2 Å². The van der Waals surface area contributed by atoms with Crippen molar-refractivity contribution in [3.8, 4) is 0 Å². The lowest BCUT2D eigenvalue weighted by Crippen LogP contribution is -2.36. The van der Waals surface area contributed by atoms with Crippen LogP contribution in [0.3, 0.4) is 0 Å². The molecule has 4 rings (SSSR count). The first-order valence-corrected chi connectivity index (χ1v) is 8.22. The van der Waals surface area contributed by atoms with Crippen LogP contribution in [0.15, 0.2) is 41.0 Å². The Morgan fingerprint density at radius 3 is 2.54 bits per heavy atom. The van der Waals surface area contributed by atoms with E-state index in [0.29, 0.717) is 37.5 Å². The van der Waals surface area contributed by atoms with Gasteiger partial charge in [0, 0.05) is 25.8 Å². The van der Waals surface area contributed by atoms with E-state index in [0.717, 1.165) is 11.4 Å².